The number of hydrogen-bond acceptors (Lipinski definition) is 5. The Balaban J connectivity index is 1.69. The summed E-state index contributed by atoms with van der Waals surface area (Å²) in [5.41, 5.74) is 2.67. The molecule has 2 aromatic carbocycles. The highest BCUT2D eigenvalue weighted by Gasteiger charge is 2.31. The predicted molar refractivity (Wildman–Crippen MR) is 102 cm³/mol. The van der Waals surface area contributed by atoms with Gasteiger partial charge in [0.15, 0.2) is 6.61 Å². The second-order valence-corrected chi connectivity index (χ2v) is 6.58. The topological polar surface area (TPSA) is 74.6 Å². The van der Waals surface area contributed by atoms with Gasteiger partial charge >= 0.3 is 5.97 Å². The number of hydrogen-bond donors (Lipinski definition) is 0. The Morgan fingerprint density at radius 3 is 2.63 bits per heavy atom. The van der Waals surface area contributed by atoms with Crippen LogP contribution in [0.25, 0.3) is 0 Å². The SMILES string of the molecule is CC1Cc2ccccc2N1C(=O)COC(=O)c1ccccc1N=NN(C)C. The number of nitrogens with zero attached hydrogens (tertiary/aromatic N) is 4. The van der Waals surface area contributed by atoms with Crippen molar-refractivity contribution >= 4 is 23.3 Å². The smallest absolute Gasteiger partial charge is 0.340 e. The molecule has 7 heteroatoms. The molecular formula is C20H22N4O3. The lowest BCUT2D eigenvalue weighted by atomic mass is 10.1. The summed E-state index contributed by atoms with van der Waals surface area (Å²) in [5.74, 6) is -0.843. The van der Waals surface area contributed by atoms with E-state index in [-0.39, 0.29) is 24.1 Å². The van der Waals surface area contributed by atoms with Crippen LogP contribution in [0.2, 0.25) is 0 Å². The van der Waals surface area contributed by atoms with Crippen molar-refractivity contribution in [2.24, 2.45) is 10.3 Å². The highest BCUT2D eigenvalue weighted by atomic mass is 16.5. The number of benzene rings is 2. The van der Waals surface area contributed by atoms with Gasteiger partial charge in [-0.3, -0.25) is 9.80 Å². The molecule has 1 atom stereocenters. The van der Waals surface area contributed by atoms with Crippen molar-refractivity contribution in [2.75, 3.05) is 25.6 Å². The van der Waals surface area contributed by atoms with Gasteiger partial charge in [-0.05, 0) is 37.1 Å². The van der Waals surface area contributed by atoms with E-state index in [0.29, 0.717) is 5.69 Å². The molecule has 0 bridgehead atoms. The van der Waals surface area contributed by atoms with Gasteiger partial charge in [-0.1, -0.05) is 35.6 Å². The van der Waals surface area contributed by atoms with Gasteiger partial charge in [-0.2, -0.15) is 0 Å². The molecule has 0 fully saturated rings. The summed E-state index contributed by atoms with van der Waals surface area (Å²) in [7, 11) is 3.47. The molecule has 2 aromatic rings. The molecule has 1 unspecified atom stereocenters. The summed E-state index contributed by atoms with van der Waals surface area (Å²) in [4.78, 5) is 26.8. The van der Waals surface area contributed by atoms with E-state index in [2.05, 4.69) is 10.3 Å². The first kappa shape index (κ1) is 18.6. The lowest BCUT2D eigenvalue weighted by Crippen LogP contribution is -2.38. The summed E-state index contributed by atoms with van der Waals surface area (Å²) in [6, 6.07) is 14.6. The van der Waals surface area contributed by atoms with E-state index in [9.17, 15) is 9.59 Å². The fourth-order valence-electron chi connectivity index (χ4n) is 3.09. The minimum absolute atomic E-state index is 0.0368. The van der Waals surface area contributed by atoms with Crippen molar-refractivity contribution in [1.29, 1.82) is 0 Å². The van der Waals surface area contributed by atoms with Crippen molar-refractivity contribution < 1.29 is 14.3 Å². The van der Waals surface area contributed by atoms with Crippen LogP contribution in [0.4, 0.5) is 11.4 Å². The Bertz CT molecular complexity index is 879. The zero-order chi connectivity index (χ0) is 19.4. The summed E-state index contributed by atoms with van der Waals surface area (Å²) < 4.78 is 5.27. The third-order valence-electron chi connectivity index (χ3n) is 4.26. The number of amides is 1. The van der Waals surface area contributed by atoms with Crippen LogP contribution in [0, 0.1) is 0 Å². The van der Waals surface area contributed by atoms with Gasteiger partial charge in [-0.25, -0.2) is 4.79 Å². The van der Waals surface area contributed by atoms with Crippen LogP contribution in [0.3, 0.4) is 0 Å². The molecule has 1 heterocycles. The van der Waals surface area contributed by atoms with E-state index in [4.69, 9.17) is 4.74 Å². The molecule has 140 valence electrons. The highest BCUT2D eigenvalue weighted by Crippen LogP contribution is 2.31. The zero-order valence-electron chi connectivity index (χ0n) is 15.6. The van der Waals surface area contributed by atoms with Crippen molar-refractivity contribution in [3.05, 3.63) is 59.7 Å². The number of carbonyl (C=O) groups excluding carboxylic acids is 2. The lowest BCUT2D eigenvalue weighted by Gasteiger charge is -2.22. The first-order valence-electron chi connectivity index (χ1n) is 8.72. The average Bonchev–Trinajstić information content (AvgIpc) is 3.00. The van der Waals surface area contributed by atoms with Gasteiger partial charge in [0.1, 0.15) is 5.69 Å². The van der Waals surface area contributed by atoms with E-state index in [1.54, 1.807) is 43.3 Å². The van der Waals surface area contributed by atoms with Gasteiger partial charge in [-0.15, -0.1) is 5.11 Å². The fourth-order valence-corrected chi connectivity index (χ4v) is 3.09. The summed E-state index contributed by atoms with van der Waals surface area (Å²) >= 11 is 0. The number of rotatable bonds is 5. The van der Waals surface area contributed by atoms with Gasteiger partial charge in [0, 0.05) is 25.8 Å². The molecule has 27 heavy (non-hydrogen) atoms. The van der Waals surface area contributed by atoms with Crippen LogP contribution in [-0.4, -0.2) is 43.6 Å². The molecule has 0 radical (unpaired) electrons. The Hall–Kier alpha value is -3.22. The van der Waals surface area contributed by atoms with Gasteiger partial charge in [0.25, 0.3) is 5.91 Å². The number of ether oxygens (including phenoxy) is 1. The first-order chi connectivity index (χ1) is 13.0. The van der Waals surface area contributed by atoms with E-state index in [1.807, 2.05) is 31.2 Å². The molecular weight excluding hydrogens is 344 g/mol. The quantitative estimate of drug-likeness (QED) is 0.462. The third-order valence-corrected chi connectivity index (χ3v) is 4.26. The number of fused-ring (bicyclic) bond motifs is 1. The first-order valence-corrected chi connectivity index (χ1v) is 8.72. The molecule has 0 saturated carbocycles. The maximum Gasteiger partial charge on any atom is 0.340 e. The lowest BCUT2D eigenvalue weighted by molar-refractivity contribution is -0.122. The largest absolute Gasteiger partial charge is 0.452 e. The zero-order valence-corrected chi connectivity index (χ0v) is 15.6. The fraction of sp³-hybridized carbons (Fsp3) is 0.300. The molecule has 0 N–H and O–H groups in total. The van der Waals surface area contributed by atoms with Crippen molar-refractivity contribution in [1.82, 2.24) is 5.01 Å². The van der Waals surface area contributed by atoms with E-state index < -0.39 is 5.97 Å². The van der Waals surface area contributed by atoms with Gasteiger partial charge < -0.3 is 9.64 Å². The summed E-state index contributed by atoms with van der Waals surface area (Å²) in [5, 5.41) is 9.46. The predicted octanol–water partition coefficient (Wildman–Crippen LogP) is 3.38. The van der Waals surface area contributed by atoms with Crippen molar-refractivity contribution in [2.45, 2.75) is 19.4 Å². The van der Waals surface area contributed by atoms with Gasteiger partial charge in [0.05, 0.1) is 5.56 Å². The number of para-hydroxylation sites is 1. The average molecular weight is 366 g/mol. The van der Waals surface area contributed by atoms with Crippen molar-refractivity contribution in [3.63, 3.8) is 0 Å². The van der Waals surface area contributed by atoms with Crippen LogP contribution in [-0.2, 0) is 16.0 Å². The highest BCUT2D eigenvalue weighted by molar-refractivity contribution is 6.00. The van der Waals surface area contributed by atoms with Gasteiger partial charge in [0.2, 0.25) is 0 Å². The molecule has 0 saturated heterocycles. The van der Waals surface area contributed by atoms with Crippen LogP contribution in [0.5, 0.6) is 0 Å². The normalized spacial score (nSPS) is 15.7. The monoisotopic (exact) mass is 366 g/mol. The summed E-state index contributed by atoms with van der Waals surface area (Å²) in [6.45, 7) is 1.66. The molecule has 0 aromatic heterocycles. The molecule has 3 rings (SSSR count). The van der Waals surface area contributed by atoms with E-state index in [0.717, 1.165) is 17.7 Å². The minimum Gasteiger partial charge on any atom is -0.452 e. The third kappa shape index (κ3) is 4.13. The molecule has 1 amide bonds. The van der Waals surface area contributed by atoms with Crippen LogP contribution in [0.15, 0.2) is 58.9 Å². The Morgan fingerprint density at radius 1 is 1.15 bits per heavy atom. The Kier molecular flexibility index (Phi) is 5.49. The molecule has 1 aliphatic heterocycles. The number of esters is 1. The molecule has 0 spiro atoms. The van der Waals surface area contributed by atoms with Crippen molar-refractivity contribution in [3.8, 4) is 0 Å². The molecule has 0 aliphatic carbocycles. The molecule has 1 aliphatic rings. The minimum atomic E-state index is -0.600. The summed E-state index contributed by atoms with van der Waals surface area (Å²) in [6.07, 6.45) is 0.795. The maximum absolute atomic E-state index is 12.7. The standard InChI is InChI=1S/C20H22N4O3/c1-14-12-15-8-4-7-11-18(15)24(14)19(25)13-27-20(26)16-9-5-6-10-17(16)21-22-23(2)3/h4-11,14H,12-13H2,1-3H3. The van der Waals surface area contributed by atoms with Crippen LogP contribution >= 0.6 is 0 Å². The second kappa shape index (κ2) is 7.99. The Labute approximate surface area is 158 Å². The second-order valence-electron chi connectivity index (χ2n) is 6.58. The van der Waals surface area contributed by atoms with E-state index >= 15 is 0 Å². The van der Waals surface area contributed by atoms with Crippen LogP contribution in [0.1, 0.15) is 22.8 Å². The number of anilines is 1. The Morgan fingerprint density at radius 2 is 1.85 bits per heavy atom. The molecule has 7 nitrogen and oxygen atoms in total. The number of carbonyl (C=O) groups is 2. The maximum atomic E-state index is 12.7. The van der Waals surface area contributed by atoms with Crippen LogP contribution < -0.4 is 4.90 Å². The van der Waals surface area contributed by atoms with E-state index in [1.165, 1.54) is 5.01 Å².